The van der Waals surface area contributed by atoms with Crippen LogP contribution in [0.5, 0.6) is 0 Å². The number of aromatic nitrogens is 1. The Morgan fingerprint density at radius 3 is 2.60 bits per heavy atom. The lowest BCUT2D eigenvalue weighted by atomic mass is 9.81. The molecule has 25 heavy (non-hydrogen) atoms. The van der Waals surface area contributed by atoms with Gasteiger partial charge in [-0.15, -0.1) is 0 Å². The average molecular weight is 360 g/mol. The molecule has 0 fully saturated rings. The molecule has 0 saturated heterocycles. The first-order chi connectivity index (χ1) is 11.9. The number of carbonyl (C=O) groups is 2. The number of aromatic amines is 1. The number of nitrogens with one attached hydrogen (secondary N) is 1. The molecule has 0 aliphatic heterocycles. The highest BCUT2D eigenvalue weighted by Crippen LogP contribution is 2.35. The molecule has 0 amide bonds. The predicted molar refractivity (Wildman–Crippen MR) is 97.5 cm³/mol. The molecule has 1 N–H and O–H groups in total. The third-order valence-corrected chi connectivity index (χ3v) is 4.83. The van der Waals surface area contributed by atoms with Gasteiger partial charge in [0.1, 0.15) is 5.69 Å². The highest BCUT2D eigenvalue weighted by atomic mass is 35.5. The number of ketones is 1. The molecule has 0 bridgehead atoms. The van der Waals surface area contributed by atoms with Crippen molar-refractivity contribution in [2.75, 3.05) is 6.61 Å². The van der Waals surface area contributed by atoms with E-state index in [0.717, 1.165) is 11.3 Å². The minimum Gasteiger partial charge on any atom is -0.461 e. The number of rotatable bonds is 4. The Balaban J connectivity index is 1.86. The molecule has 132 valence electrons. The molecule has 2 aromatic rings. The standard InChI is InChI=1S/C20H22ClNO3/c1-11(2)10-25-20(24)19-12(3)18-16(22-19)8-14(9-17(18)23)13-4-6-15(21)7-5-13/h4-7,11,14,22H,8-10H2,1-3H3/t14-/m0/s1. The first-order valence-corrected chi connectivity index (χ1v) is 8.91. The van der Waals surface area contributed by atoms with Crippen molar-refractivity contribution in [1.82, 2.24) is 4.98 Å². The summed E-state index contributed by atoms with van der Waals surface area (Å²) < 4.78 is 5.31. The molecular formula is C20H22ClNO3. The van der Waals surface area contributed by atoms with Crippen LogP contribution < -0.4 is 0 Å². The van der Waals surface area contributed by atoms with Gasteiger partial charge in [0.05, 0.1) is 6.61 Å². The molecule has 0 saturated carbocycles. The number of carbonyl (C=O) groups excluding carboxylic acids is 2. The second kappa shape index (κ2) is 7.04. The molecule has 3 rings (SSSR count). The zero-order valence-electron chi connectivity index (χ0n) is 14.7. The van der Waals surface area contributed by atoms with E-state index in [9.17, 15) is 9.59 Å². The lowest BCUT2D eigenvalue weighted by molar-refractivity contribution is 0.0451. The lowest BCUT2D eigenvalue weighted by Crippen LogP contribution is -2.18. The molecule has 4 nitrogen and oxygen atoms in total. The van der Waals surface area contributed by atoms with Crippen LogP contribution in [0.4, 0.5) is 0 Å². The first kappa shape index (κ1) is 17.7. The van der Waals surface area contributed by atoms with Gasteiger partial charge in [0.25, 0.3) is 0 Å². The van der Waals surface area contributed by atoms with Crippen molar-refractivity contribution in [1.29, 1.82) is 0 Å². The largest absolute Gasteiger partial charge is 0.461 e. The van der Waals surface area contributed by atoms with Crippen LogP contribution in [-0.4, -0.2) is 23.3 Å². The maximum atomic E-state index is 12.7. The van der Waals surface area contributed by atoms with Crippen molar-refractivity contribution < 1.29 is 14.3 Å². The minimum absolute atomic E-state index is 0.0675. The smallest absolute Gasteiger partial charge is 0.355 e. The van der Waals surface area contributed by atoms with Crippen LogP contribution in [0.2, 0.25) is 5.02 Å². The van der Waals surface area contributed by atoms with E-state index in [2.05, 4.69) is 4.98 Å². The molecule has 5 heteroatoms. The number of hydrogen-bond donors (Lipinski definition) is 1. The second-order valence-corrected chi connectivity index (χ2v) is 7.49. The number of benzene rings is 1. The van der Waals surface area contributed by atoms with E-state index >= 15 is 0 Å². The molecule has 0 unspecified atom stereocenters. The van der Waals surface area contributed by atoms with Crippen LogP contribution in [0.15, 0.2) is 24.3 Å². The molecule has 1 aromatic heterocycles. The second-order valence-electron chi connectivity index (χ2n) is 7.05. The Morgan fingerprint density at radius 1 is 1.28 bits per heavy atom. The van der Waals surface area contributed by atoms with Crippen molar-refractivity contribution >= 4 is 23.4 Å². The van der Waals surface area contributed by atoms with Crippen LogP contribution >= 0.6 is 11.6 Å². The van der Waals surface area contributed by atoms with Crippen molar-refractivity contribution in [3.8, 4) is 0 Å². The van der Waals surface area contributed by atoms with Crippen molar-refractivity contribution in [3.63, 3.8) is 0 Å². The molecule has 1 heterocycles. The third-order valence-electron chi connectivity index (χ3n) is 4.58. The first-order valence-electron chi connectivity index (χ1n) is 8.54. The Labute approximate surface area is 152 Å². The number of fused-ring (bicyclic) bond motifs is 1. The average Bonchev–Trinajstić information content (AvgIpc) is 2.90. The predicted octanol–water partition coefficient (Wildman–Crippen LogP) is 4.70. The van der Waals surface area contributed by atoms with E-state index < -0.39 is 5.97 Å². The maximum absolute atomic E-state index is 12.7. The van der Waals surface area contributed by atoms with E-state index in [4.69, 9.17) is 16.3 Å². The molecule has 1 aliphatic rings. The quantitative estimate of drug-likeness (QED) is 0.805. The van der Waals surface area contributed by atoms with Gasteiger partial charge in [-0.2, -0.15) is 0 Å². The zero-order valence-corrected chi connectivity index (χ0v) is 15.4. The number of halogens is 1. The number of H-pyrrole nitrogens is 1. The Bertz CT molecular complexity index is 805. The topological polar surface area (TPSA) is 59.2 Å². The molecule has 1 aromatic carbocycles. The Kier molecular flexibility index (Phi) is 5.00. The van der Waals surface area contributed by atoms with Gasteiger partial charge in [0.2, 0.25) is 0 Å². The summed E-state index contributed by atoms with van der Waals surface area (Å²) in [5.41, 5.74) is 3.66. The van der Waals surface area contributed by atoms with Gasteiger partial charge in [-0.25, -0.2) is 4.79 Å². The lowest BCUT2D eigenvalue weighted by Gasteiger charge is -2.22. The summed E-state index contributed by atoms with van der Waals surface area (Å²) in [7, 11) is 0. The Hall–Kier alpha value is -2.07. The van der Waals surface area contributed by atoms with E-state index in [1.54, 1.807) is 0 Å². The van der Waals surface area contributed by atoms with Gasteiger partial charge in [0, 0.05) is 22.7 Å². The number of Topliss-reactive ketones (excluding diaryl/α,β-unsaturated/α-hetero) is 1. The van der Waals surface area contributed by atoms with E-state index in [0.29, 0.717) is 41.3 Å². The van der Waals surface area contributed by atoms with E-state index in [1.807, 2.05) is 45.0 Å². The van der Waals surface area contributed by atoms with Crippen molar-refractivity contribution in [2.45, 2.75) is 39.5 Å². The molecule has 1 atom stereocenters. The fourth-order valence-electron chi connectivity index (χ4n) is 3.32. The summed E-state index contributed by atoms with van der Waals surface area (Å²) >= 11 is 5.95. The summed E-state index contributed by atoms with van der Waals surface area (Å²) in [4.78, 5) is 28.1. The fourth-order valence-corrected chi connectivity index (χ4v) is 3.45. The summed E-state index contributed by atoms with van der Waals surface area (Å²) in [5.74, 6) is 0.0360. The zero-order chi connectivity index (χ0) is 18.1. The summed E-state index contributed by atoms with van der Waals surface area (Å²) in [5, 5.41) is 0.678. The van der Waals surface area contributed by atoms with Crippen LogP contribution in [0.3, 0.4) is 0 Å². The molecule has 1 aliphatic carbocycles. The summed E-state index contributed by atoms with van der Waals surface area (Å²) in [6, 6.07) is 7.59. The number of ether oxygens (including phenoxy) is 1. The molecule has 0 radical (unpaired) electrons. The van der Waals surface area contributed by atoms with Gasteiger partial charge in [0.15, 0.2) is 5.78 Å². The van der Waals surface area contributed by atoms with E-state index in [1.165, 1.54) is 0 Å². The maximum Gasteiger partial charge on any atom is 0.355 e. The minimum atomic E-state index is -0.392. The fraction of sp³-hybridized carbons (Fsp3) is 0.400. The van der Waals surface area contributed by atoms with Crippen LogP contribution in [0, 0.1) is 12.8 Å². The number of esters is 1. The molecular weight excluding hydrogens is 338 g/mol. The van der Waals surface area contributed by atoms with Crippen LogP contribution in [0.25, 0.3) is 0 Å². The highest BCUT2D eigenvalue weighted by molar-refractivity contribution is 6.30. The Morgan fingerprint density at radius 2 is 1.96 bits per heavy atom. The SMILES string of the molecule is Cc1c(C(=O)OCC(C)C)[nH]c2c1C(=O)C[C@@H](c1ccc(Cl)cc1)C2. The van der Waals surface area contributed by atoms with Crippen molar-refractivity contribution in [3.05, 3.63) is 57.4 Å². The van der Waals surface area contributed by atoms with E-state index in [-0.39, 0.29) is 17.6 Å². The van der Waals surface area contributed by atoms with Gasteiger partial charge in [-0.05, 0) is 48.4 Å². The van der Waals surface area contributed by atoms with Crippen LogP contribution in [-0.2, 0) is 11.2 Å². The van der Waals surface area contributed by atoms with Gasteiger partial charge in [-0.1, -0.05) is 37.6 Å². The number of hydrogen-bond acceptors (Lipinski definition) is 3. The summed E-state index contributed by atoms with van der Waals surface area (Å²) in [6.07, 6.45) is 1.13. The highest BCUT2D eigenvalue weighted by Gasteiger charge is 2.32. The normalized spacial score (nSPS) is 16.8. The third kappa shape index (κ3) is 3.64. The monoisotopic (exact) mass is 359 g/mol. The van der Waals surface area contributed by atoms with Gasteiger partial charge < -0.3 is 9.72 Å². The van der Waals surface area contributed by atoms with Crippen molar-refractivity contribution in [2.24, 2.45) is 5.92 Å². The molecule has 0 spiro atoms. The van der Waals surface area contributed by atoms with Gasteiger partial charge in [-0.3, -0.25) is 4.79 Å². The van der Waals surface area contributed by atoms with Gasteiger partial charge >= 0.3 is 5.97 Å². The van der Waals surface area contributed by atoms with Crippen LogP contribution in [0.1, 0.15) is 63.9 Å². The summed E-state index contributed by atoms with van der Waals surface area (Å²) in [6.45, 7) is 6.14.